The van der Waals surface area contributed by atoms with Gasteiger partial charge in [0.15, 0.2) is 11.5 Å². The third kappa shape index (κ3) is 5.11. The van der Waals surface area contributed by atoms with Crippen molar-refractivity contribution in [1.82, 2.24) is 30.9 Å². The number of nitrogens with zero attached hydrogens (tertiary/aromatic N) is 3. The summed E-state index contributed by atoms with van der Waals surface area (Å²) in [7, 11) is 0. The van der Waals surface area contributed by atoms with Gasteiger partial charge in [-0.05, 0) is 37.3 Å². The smallest absolute Gasteiger partial charge is 0.287 e. The lowest BCUT2D eigenvalue weighted by atomic mass is 9.98. The fraction of sp³-hybridized carbons (Fsp3) is 0.500. The molecule has 3 atom stereocenters. The third-order valence-electron chi connectivity index (χ3n) is 4.96. The lowest BCUT2D eigenvalue weighted by molar-refractivity contribution is -0.125. The minimum atomic E-state index is -0.841. The van der Waals surface area contributed by atoms with Gasteiger partial charge < -0.3 is 20.9 Å². The average molecular weight is 411 g/mol. The van der Waals surface area contributed by atoms with Gasteiger partial charge >= 0.3 is 0 Å². The summed E-state index contributed by atoms with van der Waals surface area (Å²) >= 11 is 0. The van der Waals surface area contributed by atoms with E-state index in [1.165, 1.54) is 0 Å². The second-order valence-electron chi connectivity index (χ2n) is 7.82. The SMILES string of the molecule is CC(C)CC(NC(=O)c1nc2ncccc2[nH]1)C(=O)NC(C#N)C[C@@H]1CCNC1=O. The first kappa shape index (κ1) is 21.2. The van der Waals surface area contributed by atoms with Crippen molar-refractivity contribution in [3.8, 4) is 6.07 Å². The van der Waals surface area contributed by atoms with Gasteiger partial charge in [0, 0.05) is 18.7 Å². The van der Waals surface area contributed by atoms with Crippen LogP contribution in [0.2, 0.25) is 0 Å². The maximum absolute atomic E-state index is 12.8. The predicted octanol–water partition coefficient (Wildman–Crippen LogP) is 0.637. The molecular weight excluding hydrogens is 386 g/mol. The van der Waals surface area contributed by atoms with E-state index in [-0.39, 0.29) is 30.0 Å². The van der Waals surface area contributed by atoms with Crippen LogP contribution in [0.1, 0.15) is 43.7 Å². The summed E-state index contributed by atoms with van der Waals surface area (Å²) in [6.07, 6.45) is 2.84. The normalized spacial score (nSPS) is 17.9. The molecule has 0 saturated carbocycles. The van der Waals surface area contributed by atoms with E-state index < -0.39 is 23.9 Å². The quantitative estimate of drug-likeness (QED) is 0.500. The number of hydrogen-bond donors (Lipinski definition) is 4. The Morgan fingerprint density at radius 2 is 2.17 bits per heavy atom. The molecule has 2 unspecified atom stereocenters. The van der Waals surface area contributed by atoms with E-state index in [2.05, 4.69) is 30.9 Å². The van der Waals surface area contributed by atoms with E-state index in [1.807, 2.05) is 19.9 Å². The Bertz CT molecular complexity index is 945. The Labute approximate surface area is 173 Å². The summed E-state index contributed by atoms with van der Waals surface area (Å²) in [4.78, 5) is 48.4. The molecule has 0 aliphatic carbocycles. The second-order valence-corrected chi connectivity index (χ2v) is 7.82. The molecule has 30 heavy (non-hydrogen) atoms. The number of pyridine rings is 1. The Morgan fingerprint density at radius 1 is 1.37 bits per heavy atom. The lowest BCUT2D eigenvalue weighted by Gasteiger charge is -2.22. The highest BCUT2D eigenvalue weighted by Crippen LogP contribution is 2.16. The van der Waals surface area contributed by atoms with Crippen molar-refractivity contribution in [3.63, 3.8) is 0 Å². The van der Waals surface area contributed by atoms with Crippen LogP contribution in [0.3, 0.4) is 0 Å². The van der Waals surface area contributed by atoms with Crippen LogP contribution in [-0.2, 0) is 9.59 Å². The standard InChI is InChI=1S/C20H25N7O3/c1-11(2)8-15(19(29)24-13(10-21)9-12-5-7-23-18(12)28)26-20(30)17-25-14-4-3-6-22-16(14)27-17/h3-4,6,11-13,15H,5,7-9H2,1-2H3,(H,23,28)(H,24,29)(H,26,30)(H,22,25,27)/t12-,13?,15?/m0/s1. The van der Waals surface area contributed by atoms with Gasteiger partial charge in [0.25, 0.3) is 5.91 Å². The molecule has 1 saturated heterocycles. The number of aromatic nitrogens is 3. The van der Waals surface area contributed by atoms with Crippen LogP contribution < -0.4 is 16.0 Å². The Balaban J connectivity index is 1.67. The highest BCUT2D eigenvalue weighted by molar-refractivity contribution is 5.96. The molecule has 3 heterocycles. The summed E-state index contributed by atoms with van der Waals surface area (Å²) < 4.78 is 0. The van der Waals surface area contributed by atoms with Gasteiger partial charge in [-0.1, -0.05) is 13.8 Å². The molecule has 3 amide bonds. The molecule has 0 bridgehead atoms. The van der Waals surface area contributed by atoms with Gasteiger partial charge in [-0.15, -0.1) is 0 Å². The van der Waals surface area contributed by atoms with E-state index in [4.69, 9.17) is 0 Å². The van der Waals surface area contributed by atoms with Gasteiger partial charge in [0.05, 0.1) is 11.6 Å². The molecular formula is C20H25N7O3. The fourth-order valence-corrected chi connectivity index (χ4v) is 3.45. The van der Waals surface area contributed by atoms with Crippen molar-refractivity contribution in [2.75, 3.05) is 6.54 Å². The molecule has 10 nitrogen and oxygen atoms in total. The van der Waals surface area contributed by atoms with Crippen LogP contribution in [0, 0.1) is 23.2 Å². The van der Waals surface area contributed by atoms with Crippen LogP contribution in [0.5, 0.6) is 0 Å². The molecule has 10 heteroatoms. The van der Waals surface area contributed by atoms with Crippen LogP contribution in [0.25, 0.3) is 11.2 Å². The molecule has 158 valence electrons. The van der Waals surface area contributed by atoms with Crippen molar-refractivity contribution in [1.29, 1.82) is 5.26 Å². The number of hydrogen-bond acceptors (Lipinski definition) is 6. The Morgan fingerprint density at radius 3 is 2.80 bits per heavy atom. The number of carbonyl (C=O) groups excluding carboxylic acids is 3. The molecule has 0 radical (unpaired) electrons. The van der Waals surface area contributed by atoms with E-state index in [0.717, 1.165) is 0 Å². The van der Waals surface area contributed by atoms with Gasteiger partial charge in [0.2, 0.25) is 11.8 Å². The van der Waals surface area contributed by atoms with Crippen molar-refractivity contribution in [2.45, 2.75) is 45.2 Å². The van der Waals surface area contributed by atoms with E-state index in [9.17, 15) is 19.6 Å². The summed E-state index contributed by atoms with van der Waals surface area (Å²) in [6.45, 7) is 4.44. The van der Waals surface area contributed by atoms with E-state index in [0.29, 0.717) is 30.6 Å². The van der Waals surface area contributed by atoms with Gasteiger partial charge in [-0.25, -0.2) is 9.97 Å². The highest BCUT2D eigenvalue weighted by Gasteiger charge is 2.30. The maximum atomic E-state index is 12.8. The predicted molar refractivity (Wildman–Crippen MR) is 108 cm³/mol. The first-order valence-corrected chi connectivity index (χ1v) is 9.96. The lowest BCUT2D eigenvalue weighted by Crippen LogP contribution is -2.50. The molecule has 2 aromatic rings. The van der Waals surface area contributed by atoms with Crippen LogP contribution >= 0.6 is 0 Å². The fourth-order valence-electron chi connectivity index (χ4n) is 3.45. The Kier molecular flexibility index (Phi) is 6.61. The molecule has 4 N–H and O–H groups in total. The number of nitriles is 1. The molecule has 1 aliphatic heterocycles. The average Bonchev–Trinajstić information content (AvgIpc) is 3.32. The van der Waals surface area contributed by atoms with Crippen molar-refractivity contribution in [2.24, 2.45) is 11.8 Å². The summed E-state index contributed by atoms with van der Waals surface area (Å²) in [5, 5.41) is 17.5. The minimum absolute atomic E-state index is 0.0599. The topological polar surface area (TPSA) is 153 Å². The highest BCUT2D eigenvalue weighted by atomic mass is 16.2. The van der Waals surface area contributed by atoms with Crippen molar-refractivity contribution >= 4 is 28.9 Å². The van der Waals surface area contributed by atoms with E-state index in [1.54, 1.807) is 18.3 Å². The number of nitrogens with one attached hydrogen (secondary N) is 4. The molecule has 3 rings (SSSR count). The van der Waals surface area contributed by atoms with Gasteiger partial charge in [-0.2, -0.15) is 5.26 Å². The number of fused-ring (bicyclic) bond motifs is 1. The van der Waals surface area contributed by atoms with Gasteiger partial charge in [-0.3, -0.25) is 14.4 Å². The number of aromatic amines is 1. The number of carbonyl (C=O) groups is 3. The van der Waals surface area contributed by atoms with Crippen LogP contribution in [0.15, 0.2) is 18.3 Å². The zero-order chi connectivity index (χ0) is 21.7. The molecule has 2 aromatic heterocycles. The zero-order valence-corrected chi connectivity index (χ0v) is 16.9. The monoisotopic (exact) mass is 411 g/mol. The van der Waals surface area contributed by atoms with E-state index >= 15 is 0 Å². The second kappa shape index (κ2) is 9.35. The largest absolute Gasteiger partial charge is 0.356 e. The number of amides is 3. The summed E-state index contributed by atoms with van der Waals surface area (Å²) in [5.41, 5.74) is 1.03. The first-order valence-electron chi connectivity index (χ1n) is 9.96. The molecule has 1 aliphatic rings. The first-order chi connectivity index (χ1) is 14.4. The number of rotatable bonds is 8. The Hall–Kier alpha value is -3.48. The molecule has 1 fully saturated rings. The van der Waals surface area contributed by atoms with Crippen LogP contribution in [0.4, 0.5) is 0 Å². The van der Waals surface area contributed by atoms with Crippen molar-refractivity contribution < 1.29 is 14.4 Å². The van der Waals surface area contributed by atoms with Crippen molar-refractivity contribution in [3.05, 3.63) is 24.2 Å². The van der Waals surface area contributed by atoms with Crippen LogP contribution in [-0.4, -0.2) is 51.3 Å². The number of H-pyrrole nitrogens is 1. The third-order valence-corrected chi connectivity index (χ3v) is 4.96. The zero-order valence-electron chi connectivity index (χ0n) is 16.9. The van der Waals surface area contributed by atoms with Gasteiger partial charge in [0.1, 0.15) is 12.1 Å². The minimum Gasteiger partial charge on any atom is -0.356 e. The molecule has 0 spiro atoms. The number of imidazole rings is 1. The maximum Gasteiger partial charge on any atom is 0.287 e. The summed E-state index contributed by atoms with van der Waals surface area (Å²) in [6, 6.07) is 3.86. The molecule has 0 aromatic carbocycles. The summed E-state index contributed by atoms with van der Waals surface area (Å²) in [5.74, 6) is -1.20.